The highest BCUT2D eigenvalue weighted by molar-refractivity contribution is 9.11. The SMILES string of the molecule is C=C(Br)CNC(=O)[C@@H]1CCCN[C@@H]1C.Cl. The average Bonchev–Trinajstić information content (AvgIpc) is 2.15. The molecule has 0 aliphatic carbocycles. The molecule has 15 heavy (non-hydrogen) atoms. The van der Waals surface area contributed by atoms with E-state index in [1.54, 1.807) is 0 Å². The lowest BCUT2D eigenvalue weighted by atomic mass is 9.91. The summed E-state index contributed by atoms with van der Waals surface area (Å²) in [4.78, 5) is 11.7. The van der Waals surface area contributed by atoms with Crippen LogP contribution >= 0.6 is 28.3 Å². The van der Waals surface area contributed by atoms with Crippen LogP contribution in [0.25, 0.3) is 0 Å². The smallest absolute Gasteiger partial charge is 0.224 e. The van der Waals surface area contributed by atoms with E-state index in [-0.39, 0.29) is 30.3 Å². The van der Waals surface area contributed by atoms with Crippen molar-refractivity contribution in [2.24, 2.45) is 5.92 Å². The second-order valence-corrected chi connectivity index (χ2v) is 4.85. The highest BCUT2D eigenvalue weighted by Crippen LogP contribution is 2.16. The molecule has 1 saturated heterocycles. The summed E-state index contributed by atoms with van der Waals surface area (Å²) in [6, 6.07) is 0.285. The molecule has 0 saturated carbocycles. The van der Waals surface area contributed by atoms with E-state index in [0.29, 0.717) is 6.54 Å². The van der Waals surface area contributed by atoms with Gasteiger partial charge in [-0.05, 0) is 26.3 Å². The predicted octanol–water partition coefficient (Wildman–Crippen LogP) is 1.82. The lowest BCUT2D eigenvalue weighted by molar-refractivity contribution is -0.126. The standard InChI is InChI=1S/C10H17BrN2O.ClH/c1-7(11)6-13-10(14)9-4-3-5-12-8(9)2;/h8-9,12H,1,3-6H2,2H3,(H,13,14);1H/t8-,9-;/m1./s1. The average molecular weight is 298 g/mol. The maximum atomic E-state index is 11.7. The van der Waals surface area contributed by atoms with Crippen LogP contribution < -0.4 is 10.6 Å². The molecule has 0 bridgehead atoms. The quantitative estimate of drug-likeness (QED) is 0.834. The minimum absolute atomic E-state index is 0. The molecule has 5 heteroatoms. The molecule has 0 aromatic rings. The lowest BCUT2D eigenvalue weighted by Crippen LogP contribution is -2.46. The third-order valence-electron chi connectivity index (χ3n) is 2.55. The normalized spacial score (nSPS) is 25.2. The van der Waals surface area contributed by atoms with Crippen molar-refractivity contribution >= 4 is 34.2 Å². The number of hydrogen-bond acceptors (Lipinski definition) is 2. The number of carbonyl (C=O) groups excluding carboxylic acids is 1. The van der Waals surface area contributed by atoms with Gasteiger partial charge >= 0.3 is 0 Å². The minimum Gasteiger partial charge on any atom is -0.351 e. The molecule has 0 unspecified atom stereocenters. The third-order valence-corrected chi connectivity index (χ3v) is 2.83. The summed E-state index contributed by atoms with van der Waals surface area (Å²) < 4.78 is 0.808. The summed E-state index contributed by atoms with van der Waals surface area (Å²) in [6.45, 7) is 7.28. The molecule has 0 aromatic carbocycles. The van der Waals surface area contributed by atoms with Gasteiger partial charge in [0.2, 0.25) is 5.91 Å². The van der Waals surface area contributed by atoms with Crippen molar-refractivity contribution in [3.05, 3.63) is 11.1 Å². The zero-order chi connectivity index (χ0) is 10.6. The van der Waals surface area contributed by atoms with Crippen LogP contribution in [-0.4, -0.2) is 25.0 Å². The number of halogens is 2. The van der Waals surface area contributed by atoms with E-state index in [0.717, 1.165) is 23.9 Å². The summed E-state index contributed by atoms with van der Waals surface area (Å²) in [6.07, 6.45) is 2.06. The molecule has 1 fully saturated rings. The number of hydrogen-bond donors (Lipinski definition) is 2. The first-order valence-electron chi connectivity index (χ1n) is 4.95. The van der Waals surface area contributed by atoms with Gasteiger partial charge in [-0.25, -0.2) is 0 Å². The summed E-state index contributed by atoms with van der Waals surface area (Å²) in [5.41, 5.74) is 0. The molecular weight excluding hydrogens is 279 g/mol. The first-order chi connectivity index (χ1) is 6.61. The Hall–Kier alpha value is -0.0600. The summed E-state index contributed by atoms with van der Waals surface area (Å²) in [5.74, 6) is 0.237. The maximum absolute atomic E-state index is 11.7. The van der Waals surface area contributed by atoms with Gasteiger partial charge in [0, 0.05) is 17.1 Å². The van der Waals surface area contributed by atoms with Gasteiger partial charge in [0.25, 0.3) is 0 Å². The van der Waals surface area contributed by atoms with Crippen LogP contribution in [0.15, 0.2) is 11.1 Å². The Morgan fingerprint density at radius 3 is 2.87 bits per heavy atom. The van der Waals surface area contributed by atoms with E-state index in [1.807, 2.05) is 0 Å². The maximum Gasteiger partial charge on any atom is 0.224 e. The fourth-order valence-corrected chi connectivity index (χ4v) is 1.86. The molecule has 2 N–H and O–H groups in total. The monoisotopic (exact) mass is 296 g/mol. The first-order valence-corrected chi connectivity index (χ1v) is 5.75. The summed E-state index contributed by atoms with van der Waals surface area (Å²) >= 11 is 3.22. The van der Waals surface area contributed by atoms with Gasteiger partial charge in [-0.1, -0.05) is 22.5 Å². The van der Waals surface area contributed by atoms with Crippen LogP contribution in [0.2, 0.25) is 0 Å². The largest absolute Gasteiger partial charge is 0.351 e. The van der Waals surface area contributed by atoms with Crippen molar-refractivity contribution < 1.29 is 4.79 Å². The Kier molecular flexibility index (Phi) is 7.22. The number of piperidine rings is 1. The molecule has 0 spiro atoms. The third kappa shape index (κ3) is 5.00. The topological polar surface area (TPSA) is 41.1 Å². The number of carbonyl (C=O) groups is 1. The van der Waals surface area contributed by atoms with Crippen LogP contribution in [0.4, 0.5) is 0 Å². The fraction of sp³-hybridized carbons (Fsp3) is 0.700. The second-order valence-electron chi connectivity index (χ2n) is 3.73. The minimum atomic E-state index is 0. The van der Waals surface area contributed by atoms with Gasteiger partial charge in [0.15, 0.2) is 0 Å². The van der Waals surface area contributed by atoms with Gasteiger partial charge in [-0.3, -0.25) is 4.79 Å². The zero-order valence-corrected chi connectivity index (χ0v) is 11.3. The van der Waals surface area contributed by atoms with Crippen molar-refractivity contribution in [2.45, 2.75) is 25.8 Å². The Bertz CT molecular complexity index is 235. The highest BCUT2D eigenvalue weighted by Gasteiger charge is 2.26. The van der Waals surface area contributed by atoms with Crippen molar-refractivity contribution in [3.63, 3.8) is 0 Å². The molecular formula is C10H18BrClN2O. The number of amides is 1. The highest BCUT2D eigenvalue weighted by atomic mass is 79.9. The number of rotatable bonds is 3. The van der Waals surface area contributed by atoms with E-state index < -0.39 is 0 Å². The van der Waals surface area contributed by atoms with Crippen LogP contribution in [0.1, 0.15) is 19.8 Å². The Morgan fingerprint density at radius 1 is 1.67 bits per heavy atom. The van der Waals surface area contributed by atoms with E-state index in [4.69, 9.17) is 0 Å². The molecule has 0 radical (unpaired) electrons. The van der Waals surface area contributed by atoms with E-state index in [1.165, 1.54) is 0 Å². The van der Waals surface area contributed by atoms with Crippen LogP contribution in [0, 0.1) is 5.92 Å². The summed E-state index contributed by atoms with van der Waals surface area (Å²) in [5, 5.41) is 6.16. The van der Waals surface area contributed by atoms with Crippen LogP contribution in [-0.2, 0) is 4.79 Å². The molecule has 1 aliphatic heterocycles. The molecule has 88 valence electrons. The van der Waals surface area contributed by atoms with E-state index in [9.17, 15) is 4.79 Å². The lowest BCUT2D eigenvalue weighted by Gasteiger charge is -2.28. The van der Waals surface area contributed by atoms with Crippen molar-refractivity contribution in [3.8, 4) is 0 Å². The van der Waals surface area contributed by atoms with Crippen LogP contribution in [0.3, 0.4) is 0 Å². The van der Waals surface area contributed by atoms with Gasteiger partial charge < -0.3 is 10.6 Å². The van der Waals surface area contributed by atoms with Gasteiger partial charge in [-0.2, -0.15) is 0 Å². The molecule has 1 amide bonds. The molecule has 2 atom stereocenters. The van der Waals surface area contributed by atoms with E-state index in [2.05, 4.69) is 40.1 Å². The van der Waals surface area contributed by atoms with Gasteiger partial charge in [-0.15, -0.1) is 12.4 Å². The Balaban J connectivity index is 0.00000196. The fourth-order valence-electron chi connectivity index (χ4n) is 1.72. The number of nitrogens with one attached hydrogen (secondary N) is 2. The van der Waals surface area contributed by atoms with Gasteiger partial charge in [0.05, 0.1) is 5.92 Å². The molecule has 1 heterocycles. The van der Waals surface area contributed by atoms with Crippen LogP contribution in [0.5, 0.6) is 0 Å². The second kappa shape index (κ2) is 7.25. The molecule has 1 aliphatic rings. The Morgan fingerprint density at radius 2 is 2.33 bits per heavy atom. The van der Waals surface area contributed by atoms with Crippen molar-refractivity contribution in [2.75, 3.05) is 13.1 Å². The Labute approximate surface area is 106 Å². The molecule has 1 rings (SSSR count). The first kappa shape index (κ1) is 14.9. The summed E-state index contributed by atoms with van der Waals surface area (Å²) in [7, 11) is 0. The molecule has 0 aromatic heterocycles. The predicted molar refractivity (Wildman–Crippen MR) is 68.5 cm³/mol. The molecule has 3 nitrogen and oxygen atoms in total. The van der Waals surface area contributed by atoms with Gasteiger partial charge in [0.1, 0.15) is 0 Å². The van der Waals surface area contributed by atoms with Crippen molar-refractivity contribution in [1.29, 1.82) is 0 Å². The zero-order valence-electron chi connectivity index (χ0n) is 8.88. The van der Waals surface area contributed by atoms with E-state index >= 15 is 0 Å². The van der Waals surface area contributed by atoms with Crippen molar-refractivity contribution in [1.82, 2.24) is 10.6 Å².